The molecular weight excluding hydrogens is 240 g/mol. The van der Waals surface area contributed by atoms with E-state index in [2.05, 4.69) is 17.4 Å². The molecule has 0 spiro atoms. The summed E-state index contributed by atoms with van der Waals surface area (Å²) < 4.78 is 0. The third kappa shape index (κ3) is 5.75. The number of amides is 2. The molecule has 0 saturated carbocycles. The van der Waals surface area contributed by atoms with Crippen molar-refractivity contribution >= 4 is 6.03 Å². The zero-order valence-electron chi connectivity index (χ0n) is 11.8. The molecule has 2 N–H and O–H groups in total. The minimum Gasteiger partial charge on any atom is -0.395 e. The summed E-state index contributed by atoms with van der Waals surface area (Å²) in [5, 5.41) is 11.8. The molecule has 4 heteroatoms. The van der Waals surface area contributed by atoms with Crippen LogP contribution in [-0.2, 0) is 6.42 Å². The van der Waals surface area contributed by atoms with E-state index < -0.39 is 0 Å². The molecular formula is C15H24N2O2. The van der Waals surface area contributed by atoms with E-state index in [1.807, 2.05) is 32.0 Å². The second kappa shape index (κ2) is 8.53. The minimum atomic E-state index is -0.0999. The molecule has 1 atom stereocenters. The van der Waals surface area contributed by atoms with Gasteiger partial charge >= 0.3 is 6.03 Å². The van der Waals surface area contributed by atoms with Gasteiger partial charge in [-0.15, -0.1) is 0 Å². The molecule has 0 saturated heterocycles. The SMILES string of the molecule is CCN(CCO)C(=O)NC(C)CCc1ccccc1. The fourth-order valence-electron chi connectivity index (χ4n) is 1.93. The molecule has 19 heavy (non-hydrogen) atoms. The lowest BCUT2D eigenvalue weighted by molar-refractivity contribution is 0.177. The van der Waals surface area contributed by atoms with Gasteiger partial charge in [-0.3, -0.25) is 0 Å². The summed E-state index contributed by atoms with van der Waals surface area (Å²) in [4.78, 5) is 13.5. The lowest BCUT2D eigenvalue weighted by Gasteiger charge is -2.23. The number of urea groups is 1. The summed E-state index contributed by atoms with van der Waals surface area (Å²) in [6.45, 7) is 4.91. The van der Waals surface area contributed by atoms with Crippen LogP contribution < -0.4 is 5.32 Å². The number of benzene rings is 1. The highest BCUT2D eigenvalue weighted by atomic mass is 16.3. The number of nitrogens with one attached hydrogen (secondary N) is 1. The topological polar surface area (TPSA) is 52.6 Å². The Labute approximate surface area is 115 Å². The lowest BCUT2D eigenvalue weighted by atomic mass is 10.1. The van der Waals surface area contributed by atoms with Gasteiger partial charge in [-0.1, -0.05) is 30.3 Å². The normalized spacial score (nSPS) is 11.9. The molecule has 0 aromatic heterocycles. The Morgan fingerprint density at radius 2 is 2.05 bits per heavy atom. The van der Waals surface area contributed by atoms with Gasteiger partial charge in [0.2, 0.25) is 0 Å². The molecule has 0 bridgehead atoms. The molecule has 0 radical (unpaired) electrons. The maximum absolute atomic E-state index is 11.9. The first-order valence-electron chi connectivity index (χ1n) is 6.87. The lowest BCUT2D eigenvalue weighted by Crippen LogP contribution is -2.45. The van der Waals surface area contributed by atoms with Crippen LogP contribution in [0.4, 0.5) is 4.79 Å². The van der Waals surface area contributed by atoms with E-state index in [0.29, 0.717) is 13.1 Å². The Hall–Kier alpha value is -1.55. The maximum atomic E-state index is 11.9. The van der Waals surface area contributed by atoms with Crippen LogP contribution in [0.3, 0.4) is 0 Å². The van der Waals surface area contributed by atoms with Crippen molar-refractivity contribution in [3.63, 3.8) is 0 Å². The predicted octanol–water partition coefficient (Wildman–Crippen LogP) is 2.03. The number of hydrogen-bond donors (Lipinski definition) is 2. The van der Waals surface area contributed by atoms with Crippen molar-refractivity contribution in [1.82, 2.24) is 10.2 Å². The van der Waals surface area contributed by atoms with Gasteiger partial charge in [0.1, 0.15) is 0 Å². The first kappa shape index (κ1) is 15.5. The van der Waals surface area contributed by atoms with Crippen molar-refractivity contribution in [3.05, 3.63) is 35.9 Å². The average Bonchev–Trinajstić information content (AvgIpc) is 2.43. The fourth-order valence-corrected chi connectivity index (χ4v) is 1.93. The molecule has 1 unspecified atom stereocenters. The Morgan fingerprint density at radius 3 is 2.63 bits per heavy atom. The quantitative estimate of drug-likeness (QED) is 0.791. The van der Waals surface area contributed by atoms with Gasteiger partial charge in [-0.2, -0.15) is 0 Å². The van der Waals surface area contributed by atoms with E-state index in [-0.39, 0.29) is 18.7 Å². The van der Waals surface area contributed by atoms with E-state index in [1.54, 1.807) is 4.90 Å². The number of carbonyl (C=O) groups excluding carboxylic acids is 1. The predicted molar refractivity (Wildman–Crippen MR) is 77.1 cm³/mol. The maximum Gasteiger partial charge on any atom is 0.317 e. The van der Waals surface area contributed by atoms with Crippen LogP contribution in [0.15, 0.2) is 30.3 Å². The highest BCUT2D eigenvalue weighted by molar-refractivity contribution is 5.74. The number of carbonyl (C=O) groups is 1. The second-order valence-electron chi connectivity index (χ2n) is 4.68. The van der Waals surface area contributed by atoms with Crippen molar-refractivity contribution in [1.29, 1.82) is 0 Å². The Balaban J connectivity index is 2.34. The number of aliphatic hydroxyl groups excluding tert-OH is 1. The number of rotatable bonds is 7. The van der Waals surface area contributed by atoms with Crippen molar-refractivity contribution < 1.29 is 9.90 Å². The van der Waals surface area contributed by atoms with Crippen LogP contribution in [0.5, 0.6) is 0 Å². The Morgan fingerprint density at radius 1 is 1.37 bits per heavy atom. The fraction of sp³-hybridized carbons (Fsp3) is 0.533. The summed E-state index contributed by atoms with van der Waals surface area (Å²) >= 11 is 0. The molecule has 1 aromatic carbocycles. The summed E-state index contributed by atoms with van der Waals surface area (Å²) in [5.74, 6) is 0. The van der Waals surface area contributed by atoms with E-state index in [4.69, 9.17) is 5.11 Å². The van der Waals surface area contributed by atoms with Gasteiger partial charge in [-0.25, -0.2) is 4.79 Å². The molecule has 4 nitrogen and oxygen atoms in total. The summed E-state index contributed by atoms with van der Waals surface area (Å²) in [5.41, 5.74) is 1.28. The first-order chi connectivity index (χ1) is 9.17. The number of hydrogen-bond acceptors (Lipinski definition) is 2. The summed E-state index contributed by atoms with van der Waals surface area (Å²) in [7, 11) is 0. The van der Waals surface area contributed by atoms with Crippen LogP contribution in [-0.4, -0.2) is 41.8 Å². The minimum absolute atomic E-state index is 0.000341. The standard InChI is InChI=1S/C15H24N2O2/c1-3-17(11-12-18)15(19)16-13(2)9-10-14-7-5-4-6-8-14/h4-8,13,18H,3,9-12H2,1-2H3,(H,16,19). The van der Waals surface area contributed by atoms with Crippen LogP contribution in [0.2, 0.25) is 0 Å². The number of aliphatic hydroxyl groups is 1. The van der Waals surface area contributed by atoms with Crippen molar-refractivity contribution in [2.75, 3.05) is 19.7 Å². The Bertz CT molecular complexity index is 368. The van der Waals surface area contributed by atoms with Crippen molar-refractivity contribution in [2.45, 2.75) is 32.7 Å². The molecule has 0 aliphatic carbocycles. The molecule has 0 fully saturated rings. The molecule has 1 aromatic rings. The zero-order valence-corrected chi connectivity index (χ0v) is 11.8. The van der Waals surface area contributed by atoms with Gasteiger partial charge in [0.15, 0.2) is 0 Å². The van der Waals surface area contributed by atoms with E-state index in [9.17, 15) is 4.79 Å². The second-order valence-corrected chi connectivity index (χ2v) is 4.68. The molecule has 0 aliphatic rings. The highest BCUT2D eigenvalue weighted by Crippen LogP contribution is 2.05. The Kier molecular flexibility index (Phi) is 6.97. The van der Waals surface area contributed by atoms with Crippen LogP contribution >= 0.6 is 0 Å². The monoisotopic (exact) mass is 264 g/mol. The van der Waals surface area contributed by atoms with E-state index in [0.717, 1.165) is 12.8 Å². The van der Waals surface area contributed by atoms with Gasteiger partial charge in [0, 0.05) is 19.1 Å². The summed E-state index contributed by atoms with van der Waals surface area (Å²) in [6.07, 6.45) is 1.86. The smallest absolute Gasteiger partial charge is 0.317 e. The third-order valence-corrected chi connectivity index (χ3v) is 3.12. The van der Waals surface area contributed by atoms with Crippen molar-refractivity contribution in [3.8, 4) is 0 Å². The van der Waals surface area contributed by atoms with E-state index >= 15 is 0 Å². The third-order valence-electron chi connectivity index (χ3n) is 3.12. The summed E-state index contributed by atoms with van der Waals surface area (Å²) in [6, 6.07) is 10.3. The van der Waals surface area contributed by atoms with Crippen LogP contribution in [0, 0.1) is 0 Å². The first-order valence-corrected chi connectivity index (χ1v) is 6.87. The zero-order chi connectivity index (χ0) is 14.1. The van der Waals surface area contributed by atoms with Crippen molar-refractivity contribution in [2.24, 2.45) is 0 Å². The largest absolute Gasteiger partial charge is 0.395 e. The molecule has 0 heterocycles. The van der Waals surface area contributed by atoms with Crippen LogP contribution in [0.1, 0.15) is 25.8 Å². The van der Waals surface area contributed by atoms with Gasteiger partial charge < -0.3 is 15.3 Å². The van der Waals surface area contributed by atoms with Gasteiger partial charge in [0.25, 0.3) is 0 Å². The molecule has 1 rings (SSSR count). The van der Waals surface area contributed by atoms with Crippen LogP contribution in [0.25, 0.3) is 0 Å². The van der Waals surface area contributed by atoms with Gasteiger partial charge in [-0.05, 0) is 32.3 Å². The molecule has 0 aliphatic heterocycles. The molecule has 106 valence electrons. The number of likely N-dealkylation sites (N-methyl/N-ethyl adjacent to an activating group) is 1. The number of nitrogens with zero attached hydrogens (tertiary/aromatic N) is 1. The number of aryl methyl sites for hydroxylation is 1. The molecule has 2 amide bonds. The average molecular weight is 264 g/mol. The van der Waals surface area contributed by atoms with Gasteiger partial charge in [0.05, 0.1) is 6.61 Å². The van der Waals surface area contributed by atoms with E-state index in [1.165, 1.54) is 5.56 Å². The highest BCUT2D eigenvalue weighted by Gasteiger charge is 2.13.